The molecule has 122 valence electrons. The SMILES string of the molecule is O=C(CCOc1ccccc1Cl)Nc1ccccc1SC(F)F. The molecule has 0 spiro atoms. The fourth-order valence-electron chi connectivity index (χ4n) is 1.80. The van der Waals surface area contributed by atoms with Crippen LogP contribution in [-0.4, -0.2) is 18.3 Å². The maximum atomic E-state index is 12.5. The topological polar surface area (TPSA) is 38.3 Å². The summed E-state index contributed by atoms with van der Waals surface area (Å²) in [6, 6.07) is 13.4. The Morgan fingerprint density at radius 2 is 1.87 bits per heavy atom. The maximum absolute atomic E-state index is 12.5. The first-order valence-electron chi connectivity index (χ1n) is 6.77. The normalized spacial score (nSPS) is 10.6. The van der Waals surface area contributed by atoms with Gasteiger partial charge in [-0.25, -0.2) is 0 Å². The lowest BCUT2D eigenvalue weighted by molar-refractivity contribution is -0.116. The molecule has 0 saturated carbocycles. The molecule has 23 heavy (non-hydrogen) atoms. The van der Waals surface area contributed by atoms with E-state index < -0.39 is 5.76 Å². The summed E-state index contributed by atoms with van der Waals surface area (Å²) in [6.45, 7) is 0.139. The Morgan fingerprint density at radius 3 is 2.61 bits per heavy atom. The standard InChI is InChI=1S/C16H14ClF2NO2S/c17-11-5-1-3-7-13(11)22-10-9-15(21)20-12-6-2-4-8-14(12)23-16(18)19/h1-8,16H,9-10H2,(H,20,21). The Morgan fingerprint density at radius 1 is 1.17 bits per heavy atom. The third kappa shape index (κ3) is 5.73. The number of para-hydroxylation sites is 2. The minimum atomic E-state index is -2.54. The van der Waals surface area contributed by atoms with Gasteiger partial charge in [0.05, 0.1) is 23.7 Å². The molecule has 3 nitrogen and oxygen atoms in total. The van der Waals surface area contributed by atoms with Gasteiger partial charge < -0.3 is 10.1 Å². The zero-order valence-electron chi connectivity index (χ0n) is 12.0. The van der Waals surface area contributed by atoms with Crippen LogP contribution < -0.4 is 10.1 Å². The quantitative estimate of drug-likeness (QED) is 0.704. The molecule has 0 aliphatic heterocycles. The Balaban J connectivity index is 1.87. The van der Waals surface area contributed by atoms with Crippen LogP contribution in [0.15, 0.2) is 53.4 Å². The highest BCUT2D eigenvalue weighted by Gasteiger charge is 2.12. The van der Waals surface area contributed by atoms with E-state index in [1.165, 1.54) is 6.07 Å². The third-order valence-electron chi connectivity index (χ3n) is 2.80. The van der Waals surface area contributed by atoms with Crippen LogP contribution in [0, 0.1) is 0 Å². The highest BCUT2D eigenvalue weighted by atomic mass is 35.5. The van der Waals surface area contributed by atoms with Gasteiger partial charge in [0.15, 0.2) is 0 Å². The van der Waals surface area contributed by atoms with Crippen molar-refractivity contribution < 1.29 is 18.3 Å². The first-order valence-corrected chi connectivity index (χ1v) is 8.03. The van der Waals surface area contributed by atoms with Gasteiger partial charge in [-0.05, 0) is 24.3 Å². The van der Waals surface area contributed by atoms with E-state index in [0.29, 0.717) is 33.1 Å². The number of alkyl halides is 2. The van der Waals surface area contributed by atoms with E-state index in [1.54, 1.807) is 42.5 Å². The van der Waals surface area contributed by atoms with Gasteiger partial charge in [-0.2, -0.15) is 8.78 Å². The van der Waals surface area contributed by atoms with Crippen LogP contribution in [0.1, 0.15) is 6.42 Å². The molecule has 1 N–H and O–H groups in total. The number of thioether (sulfide) groups is 1. The second-order valence-corrected chi connectivity index (χ2v) is 5.89. The summed E-state index contributed by atoms with van der Waals surface area (Å²) in [6.07, 6.45) is 0.0822. The lowest BCUT2D eigenvalue weighted by Gasteiger charge is -2.11. The number of anilines is 1. The predicted molar refractivity (Wildman–Crippen MR) is 88.5 cm³/mol. The van der Waals surface area contributed by atoms with Crippen LogP contribution in [0.2, 0.25) is 5.02 Å². The van der Waals surface area contributed by atoms with Crippen molar-refractivity contribution in [1.29, 1.82) is 0 Å². The molecule has 2 rings (SSSR count). The number of hydrogen-bond donors (Lipinski definition) is 1. The van der Waals surface area contributed by atoms with Crippen molar-refractivity contribution in [3.8, 4) is 5.75 Å². The van der Waals surface area contributed by atoms with Gasteiger partial charge in [-0.3, -0.25) is 4.79 Å². The fraction of sp³-hybridized carbons (Fsp3) is 0.188. The number of nitrogens with one attached hydrogen (secondary N) is 1. The molecule has 2 aromatic rings. The van der Waals surface area contributed by atoms with Gasteiger partial charge >= 0.3 is 0 Å². The lowest BCUT2D eigenvalue weighted by atomic mass is 10.3. The number of amides is 1. The first kappa shape index (κ1) is 17.6. The van der Waals surface area contributed by atoms with E-state index >= 15 is 0 Å². The molecule has 0 saturated heterocycles. The summed E-state index contributed by atoms with van der Waals surface area (Å²) in [5.74, 6) is -2.37. The smallest absolute Gasteiger partial charge is 0.288 e. The minimum absolute atomic E-state index is 0.0822. The number of rotatable bonds is 7. The van der Waals surface area contributed by atoms with Crippen LogP contribution in [0.25, 0.3) is 0 Å². The van der Waals surface area contributed by atoms with Crippen molar-refractivity contribution in [2.24, 2.45) is 0 Å². The molecule has 0 radical (unpaired) electrons. The van der Waals surface area contributed by atoms with Crippen molar-refractivity contribution in [2.45, 2.75) is 17.1 Å². The molecule has 0 aliphatic carbocycles. The molecule has 1 amide bonds. The van der Waals surface area contributed by atoms with Crippen LogP contribution in [-0.2, 0) is 4.79 Å². The summed E-state index contributed by atoms with van der Waals surface area (Å²) >= 11 is 6.33. The predicted octanol–water partition coefficient (Wildman–Crippen LogP) is 5.06. The summed E-state index contributed by atoms with van der Waals surface area (Å²) in [4.78, 5) is 12.2. The summed E-state index contributed by atoms with van der Waals surface area (Å²) in [5, 5.41) is 3.08. The monoisotopic (exact) mass is 357 g/mol. The Labute approximate surface area is 142 Å². The molecule has 0 aromatic heterocycles. The number of benzene rings is 2. The van der Waals surface area contributed by atoms with Crippen molar-refractivity contribution in [2.75, 3.05) is 11.9 Å². The Kier molecular flexibility index (Phi) is 6.67. The molecular formula is C16H14ClF2NO2S. The van der Waals surface area contributed by atoms with Crippen LogP contribution in [0.3, 0.4) is 0 Å². The van der Waals surface area contributed by atoms with Crippen LogP contribution in [0.5, 0.6) is 5.75 Å². The molecule has 0 bridgehead atoms. The second-order valence-electron chi connectivity index (χ2n) is 4.45. The highest BCUT2D eigenvalue weighted by Crippen LogP contribution is 2.31. The summed E-state index contributed by atoms with van der Waals surface area (Å²) in [7, 11) is 0. The number of carbonyl (C=O) groups is 1. The van der Waals surface area contributed by atoms with Crippen LogP contribution in [0.4, 0.5) is 14.5 Å². The Bertz CT molecular complexity index is 670. The highest BCUT2D eigenvalue weighted by molar-refractivity contribution is 7.99. The summed E-state index contributed by atoms with van der Waals surface area (Å²) < 4.78 is 30.4. The van der Waals surface area contributed by atoms with Crippen molar-refractivity contribution in [3.63, 3.8) is 0 Å². The number of hydrogen-bond acceptors (Lipinski definition) is 3. The molecule has 0 aliphatic rings. The number of ether oxygens (including phenoxy) is 1. The molecule has 7 heteroatoms. The lowest BCUT2D eigenvalue weighted by Crippen LogP contribution is -2.15. The minimum Gasteiger partial charge on any atom is -0.491 e. The van der Waals surface area contributed by atoms with Gasteiger partial charge in [0, 0.05) is 4.90 Å². The molecule has 0 atom stereocenters. The summed E-state index contributed by atoms with van der Waals surface area (Å²) in [5.41, 5.74) is 0.362. The van der Waals surface area contributed by atoms with E-state index in [1.807, 2.05) is 0 Å². The average Bonchev–Trinajstić information content (AvgIpc) is 2.51. The van der Waals surface area contributed by atoms with Crippen LogP contribution >= 0.6 is 23.4 Å². The van der Waals surface area contributed by atoms with E-state index in [9.17, 15) is 13.6 Å². The number of carbonyl (C=O) groups excluding carboxylic acids is 1. The molecule has 0 heterocycles. The molecule has 0 fully saturated rings. The van der Waals surface area contributed by atoms with E-state index in [4.69, 9.17) is 16.3 Å². The van der Waals surface area contributed by atoms with E-state index in [0.717, 1.165) is 0 Å². The maximum Gasteiger partial charge on any atom is 0.288 e. The van der Waals surface area contributed by atoms with E-state index in [2.05, 4.69) is 5.32 Å². The molecule has 0 unspecified atom stereocenters. The van der Waals surface area contributed by atoms with Gasteiger partial charge in [0.25, 0.3) is 5.76 Å². The fourth-order valence-corrected chi connectivity index (χ4v) is 2.58. The number of halogens is 3. The van der Waals surface area contributed by atoms with Crippen molar-refractivity contribution in [1.82, 2.24) is 0 Å². The van der Waals surface area contributed by atoms with Crippen molar-refractivity contribution >= 4 is 35.0 Å². The zero-order chi connectivity index (χ0) is 16.7. The van der Waals surface area contributed by atoms with Crippen molar-refractivity contribution in [3.05, 3.63) is 53.6 Å². The third-order valence-corrected chi connectivity index (χ3v) is 3.90. The zero-order valence-corrected chi connectivity index (χ0v) is 13.5. The van der Waals surface area contributed by atoms with E-state index in [-0.39, 0.29) is 18.9 Å². The van der Waals surface area contributed by atoms with Gasteiger partial charge in [0.1, 0.15) is 5.75 Å². The van der Waals surface area contributed by atoms with Gasteiger partial charge in [-0.15, -0.1) is 0 Å². The average molecular weight is 358 g/mol. The Hall–Kier alpha value is -1.79. The largest absolute Gasteiger partial charge is 0.491 e. The molecule has 2 aromatic carbocycles. The molecular weight excluding hydrogens is 344 g/mol. The van der Waals surface area contributed by atoms with Gasteiger partial charge in [0.2, 0.25) is 5.91 Å². The first-order chi connectivity index (χ1) is 11.1. The van der Waals surface area contributed by atoms with Gasteiger partial charge in [-0.1, -0.05) is 47.6 Å². The second kappa shape index (κ2) is 8.74.